The minimum Gasteiger partial charge on any atom is -0.331 e. The molecule has 0 aromatic carbocycles. The number of allylic oxidation sites excluding steroid dienone is 1. The van der Waals surface area contributed by atoms with Gasteiger partial charge in [-0.05, 0) is 20.3 Å². The van der Waals surface area contributed by atoms with Gasteiger partial charge in [0, 0.05) is 11.3 Å². The summed E-state index contributed by atoms with van der Waals surface area (Å²) in [4.78, 5) is 22.5. The summed E-state index contributed by atoms with van der Waals surface area (Å²) in [6, 6.07) is -0.336. The van der Waals surface area contributed by atoms with E-state index in [1.165, 1.54) is 6.92 Å². The molecule has 1 heterocycles. The maximum Gasteiger partial charge on any atom is 0.319 e. The molecule has 1 atom stereocenters. The van der Waals surface area contributed by atoms with E-state index in [9.17, 15) is 9.59 Å². The standard InChI is InChI=1S/C10H16N2O2/c1-4-5-8-9(7(3)13)6(2)11-10(14)12-8/h8H,4-5H2,1-3H3,(H2,11,12,14). The van der Waals surface area contributed by atoms with E-state index in [0.717, 1.165) is 12.8 Å². The van der Waals surface area contributed by atoms with Crippen molar-refractivity contribution in [2.75, 3.05) is 0 Å². The van der Waals surface area contributed by atoms with Crippen LogP contribution in [0.3, 0.4) is 0 Å². The largest absolute Gasteiger partial charge is 0.331 e. The van der Waals surface area contributed by atoms with Crippen LogP contribution in [0, 0.1) is 0 Å². The summed E-state index contributed by atoms with van der Waals surface area (Å²) in [5.41, 5.74) is 1.38. The third-order valence-electron chi connectivity index (χ3n) is 2.32. The lowest BCUT2D eigenvalue weighted by Gasteiger charge is -2.27. The molecule has 1 aliphatic rings. The second kappa shape index (κ2) is 4.26. The Morgan fingerprint density at radius 1 is 1.50 bits per heavy atom. The number of amides is 2. The van der Waals surface area contributed by atoms with Gasteiger partial charge in [0.25, 0.3) is 0 Å². The van der Waals surface area contributed by atoms with Gasteiger partial charge in [-0.1, -0.05) is 13.3 Å². The normalized spacial score (nSPS) is 21.6. The van der Waals surface area contributed by atoms with Gasteiger partial charge in [-0.3, -0.25) is 4.79 Å². The molecule has 78 valence electrons. The van der Waals surface area contributed by atoms with Gasteiger partial charge in [0.1, 0.15) is 0 Å². The number of Topliss-reactive ketones (excluding diaryl/α,β-unsaturated/α-hetero) is 1. The maximum atomic E-state index is 11.4. The quantitative estimate of drug-likeness (QED) is 0.715. The number of hydrogen-bond donors (Lipinski definition) is 2. The smallest absolute Gasteiger partial charge is 0.319 e. The fraction of sp³-hybridized carbons (Fsp3) is 0.600. The van der Waals surface area contributed by atoms with Crippen LogP contribution < -0.4 is 10.6 Å². The van der Waals surface area contributed by atoms with Gasteiger partial charge >= 0.3 is 6.03 Å². The molecule has 1 unspecified atom stereocenters. The molecule has 0 aromatic rings. The monoisotopic (exact) mass is 196 g/mol. The number of hydrogen-bond acceptors (Lipinski definition) is 2. The number of carbonyl (C=O) groups excluding carboxylic acids is 2. The molecule has 0 aromatic heterocycles. The summed E-state index contributed by atoms with van der Waals surface area (Å²) >= 11 is 0. The zero-order chi connectivity index (χ0) is 10.7. The molecular formula is C10H16N2O2. The molecule has 0 spiro atoms. The van der Waals surface area contributed by atoms with Crippen molar-refractivity contribution in [3.8, 4) is 0 Å². The van der Waals surface area contributed by atoms with Crippen LogP contribution in [0.2, 0.25) is 0 Å². The van der Waals surface area contributed by atoms with Crippen molar-refractivity contribution >= 4 is 11.8 Å². The minimum atomic E-state index is -0.217. The van der Waals surface area contributed by atoms with Gasteiger partial charge in [-0.2, -0.15) is 0 Å². The molecule has 14 heavy (non-hydrogen) atoms. The van der Waals surface area contributed by atoms with Crippen LogP contribution in [-0.2, 0) is 4.79 Å². The van der Waals surface area contributed by atoms with Gasteiger partial charge in [0.15, 0.2) is 5.78 Å². The fourth-order valence-corrected chi connectivity index (χ4v) is 1.78. The number of ketones is 1. The van der Waals surface area contributed by atoms with Crippen molar-refractivity contribution in [3.63, 3.8) is 0 Å². The van der Waals surface area contributed by atoms with E-state index >= 15 is 0 Å². The van der Waals surface area contributed by atoms with Gasteiger partial charge in [0.05, 0.1) is 6.04 Å². The molecule has 2 N–H and O–H groups in total. The number of nitrogens with one attached hydrogen (secondary N) is 2. The maximum absolute atomic E-state index is 11.4. The minimum absolute atomic E-state index is 0.0217. The molecule has 0 bridgehead atoms. The third-order valence-corrected chi connectivity index (χ3v) is 2.32. The highest BCUT2D eigenvalue weighted by Gasteiger charge is 2.26. The van der Waals surface area contributed by atoms with Crippen LogP contribution >= 0.6 is 0 Å². The molecule has 0 saturated carbocycles. The van der Waals surface area contributed by atoms with Crippen LogP contribution in [0.4, 0.5) is 4.79 Å². The van der Waals surface area contributed by atoms with E-state index in [1.807, 2.05) is 6.92 Å². The van der Waals surface area contributed by atoms with E-state index < -0.39 is 0 Å². The van der Waals surface area contributed by atoms with Crippen molar-refractivity contribution in [3.05, 3.63) is 11.3 Å². The number of carbonyl (C=O) groups is 2. The molecule has 4 nitrogen and oxygen atoms in total. The first kappa shape index (κ1) is 10.8. The van der Waals surface area contributed by atoms with Crippen LogP contribution in [0.1, 0.15) is 33.6 Å². The van der Waals surface area contributed by atoms with Gasteiger partial charge in [-0.25, -0.2) is 4.79 Å². The van der Waals surface area contributed by atoms with Crippen molar-refractivity contribution in [2.24, 2.45) is 0 Å². The van der Waals surface area contributed by atoms with Crippen molar-refractivity contribution < 1.29 is 9.59 Å². The van der Waals surface area contributed by atoms with Crippen molar-refractivity contribution in [1.82, 2.24) is 10.6 Å². The Kier molecular flexibility index (Phi) is 3.28. The van der Waals surface area contributed by atoms with Crippen molar-refractivity contribution in [1.29, 1.82) is 0 Å². The first-order valence-corrected chi connectivity index (χ1v) is 4.85. The lowest BCUT2D eigenvalue weighted by molar-refractivity contribution is -0.114. The molecule has 1 aliphatic heterocycles. The fourth-order valence-electron chi connectivity index (χ4n) is 1.78. The van der Waals surface area contributed by atoms with E-state index in [0.29, 0.717) is 11.3 Å². The predicted molar refractivity (Wildman–Crippen MR) is 53.7 cm³/mol. The van der Waals surface area contributed by atoms with Gasteiger partial charge in [0.2, 0.25) is 0 Å². The zero-order valence-electron chi connectivity index (χ0n) is 8.81. The van der Waals surface area contributed by atoms with Gasteiger partial charge in [-0.15, -0.1) is 0 Å². The number of rotatable bonds is 3. The van der Waals surface area contributed by atoms with Crippen LogP contribution in [0.5, 0.6) is 0 Å². The Morgan fingerprint density at radius 3 is 2.64 bits per heavy atom. The molecule has 0 aliphatic carbocycles. The first-order valence-electron chi connectivity index (χ1n) is 4.85. The molecule has 0 saturated heterocycles. The van der Waals surface area contributed by atoms with Gasteiger partial charge < -0.3 is 10.6 Å². The number of urea groups is 1. The third kappa shape index (κ3) is 2.13. The van der Waals surface area contributed by atoms with E-state index in [2.05, 4.69) is 10.6 Å². The summed E-state index contributed by atoms with van der Waals surface area (Å²) in [6.07, 6.45) is 1.74. The molecule has 1 rings (SSSR count). The highest BCUT2D eigenvalue weighted by Crippen LogP contribution is 2.16. The van der Waals surface area contributed by atoms with E-state index in [-0.39, 0.29) is 17.9 Å². The van der Waals surface area contributed by atoms with Crippen LogP contribution in [0.15, 0.2) is 11.3 Å². The summed E-state index contributed by atoms with van der Waals surface area (Å²) < 4.78 is 0. The SMILES string of the molecule is CCCC1NC(=O)NC(C)=C1C(C)=O. The molecule has 2 amide bonds. The Labute approximate surface area is 83.8 Å². The molecule has 0 fully saturated rings. The Balaban J connectivity index is 2.96. The first-order chi connectivity index (χ1) is 6.56. The second-order valence-electron chi connectivity index (χ2n) is 3.53. The topological polar surface area (TPSA) is 58.2 Å². The van der Waals surface area contributed by atoms with E-state index in [4.69, 9.17) is 0 Å². The summed E-state index contributed by atoms with van der Waals surface area (Å²) in [5, 5.41) is 5.36. The second-order valence-corrected chi connectivity index (χ2v) is 3.53. The molecule has 4 heteroatoms. The predicted octanol–water partition coefficient (Wildman–Crippen LogP) is 1.33. The van der Waals surface area contributed by atoms with Crippen LogP contribution in [-0.4, -0.2) is 17.9 Å². The summed E-state index contributed by atoms with van der Waals surface area (Å²) in [5.74, 6) is 0.0217. The van der Waals surface area contributed by atoms with Crippen LogP contribution in [0.25, 0.3) is 0 Å². The lowest BCUT2D eigenvalue weighted by atomic mass is 9.96. The molecular weight excluding hydrogens is 180 g/mol. The zero-order valence-corrected chi connectivity index (χ0v) is 8.81. The molecule has 0 radical (unpaired) electrons. The summed E-state index contributed by atoms with van der Waals surface area (Å²) in [7, 11) is 0. The Bertz CT molecular complexity index is 294. The Morgan fingerprint density at radius 2 is 2.14 bits per heavy atom. The highest BCUT2D eigenvalue weighted by atomic mass is 16.2. The average molecular weight is 196 g/mol. The van der Waals surface area contributed by atoms with Crippen molar-refractivity contribution in [2.45, 2.75) is 39.7 Å². The average Bonchev–Trinajstić information content (AvgIpc) is 2.01. The Hall–Kier alpha value is -1.32. The highest BCUT2D eigenvalue weighted by molar-refractivity contribution is 5.98. The lowest BCUT2D eigenvalue weighted by Crippen LogP contribution is -2.49. The summed E-state index contributed by atoms with van der Waals surface area (Å²) in [6.45, 7) is 5.32. The van der Waals surface area contributed by atoms with E-state index in [1.54, 1.807) is 6.92 Å².